The SMILES string of the molecule is C[N+](C)(C)OCl. The topological polar surface area (TPSA) is 9.23 Å². The summed E-state index contributed by atoms with van der Waals surface area (Å²) in [6.45, 7) is 0. The van der Waals surface area contributed by atoms with Crippen LogP contribution in [0.4, 0.5) is 0 Å². The Hall–Kier alpha value is 0.210. The first-order chi connectivity index (χ1) is 2.56. The van der Waals surface area contributed by atoms with E-state index in [0.29, 0.717) is 4.65 Å². The third kappa shape index (κ3) is 4.21. The number of nitrogens with zero attached hydrogens (tertiary/aromatic N) is 1. The lowest BCUT2D eigenvalue weighted by Gasteiger charge is -2.13. The molecule has 0 aliphatic rings. The predicted molar refractivity (Wildman–Crippen MR) is 25.0 cm³/mol. The zero-order chi connectivity index (χ0) is 5.21. The summed E-state index contributed by atoms with van der Waals surface area (Å²) in [7, 11) is 5.48. The molecule has 6 heavy (non-hydrogen) atoms. The summed E-state index contributed by atoms with van der Waals surface area (Å²) >= 11 is 4.95. The summed E-state index contributed by atoms with van der Waals surface area (Å²) in [5.74, 6) is 0. The molecule has 0 bridgehead atoms. The highest BCUT2D eigenvalue weighted by atomic mass is 35.5. The van der Waals surface area contributed by atoms with Crippen molar-refractivity contribution in [3.8, 4) is 0 Å². The normalized spacial score (nSPS) is 12.0. The Kier molecular flexibility index (Phi) is 1.84. The molecule has 0 aromatic heterocycles. The van der Waals surface area contributed by atoms with Crippen molar-refractivity contribution in [3.05, 3.63) is 0 Å². The van der Waals surface area contributed by atoms with Crippen molar-refractivity contribution in [2.45, 2.75) is 0 Å². The monoisotopic (exact) mass is 110 g/mol. The molecular weight excluding hydrogens is 101 g/mol. The van der Waals surface area contributed by atoms with E-state index in [9.17, 15) is 0 Å². The van der Waals surface area contributed by atoms with E-state index in [4.69, 9.17) is 11.9 Å². The van der Waals surface area contributed by atoms with Crippen LogP contribution >= 0.6 is 11.9 Å². The summed E-state index contributed by atoms with van der Waals surface area (Å²) in [5, 5.41) is 0. The lowest BCUT2D eigenvalue weighted by atomic mass is 11.0. The van der Waals surface area contributed by atoms with Gasteiger partial charge in [-0.15, -0.1) is 0 Å². The Morgan fingerprint density at radius 1 is 1.33 bits per heavy atom. The Balaban J connectivity index is 3.17. The second kappa shape index (κ2) is 1.78. The van der Waals surface area contributed by atoms with E-state index in [2.05, 4.69) is 4.39 Å². The average molecular weight is 111 g/mol. The largest absolute Gasteiger partial charge is 0.167 e. The van der Waals surface area contributed by atoms with Crippen molar-refractivity contribution >= 4 is 11.9 Å². The molecule has 3 heteroatoms. The van der Waals surface area contributed by atoms with Crippen LogP contribution in [0.1, 0.15) is 0 Å². The smallest absolute Gasteiger partial charge is 0.129 e. The fraction of sp³-hybridized carbons (Fsp3) is 1.00. The van der Waals surface area contributed by atoms with Gasteiger partial charge in [0.2, 0.25) is 0 Å². The standard InChI is InChI=1S/C3H9ClNO/c1-5(2,3)6-4/h1-3H3/q+1. The van der Waals surface area contributed by atoms with E-state index in [1.54, 1.807) is 0 Å². The Morgan fingerprint density at radius 3 is 1.50 bits per heavy atom. The molecule has 0 aromatic carbocycles. The van der Waals surface area contributed by atoms with Gasteiger partial charge in [0.15, 0.2) is 0 Å². The molecule has 0 radical (unpaired) electrons. The van der Waals surface area contributed by atoms with Crippen molar-refractivity contribution in [2.24, 2.45) is 0 Å². The number of hydroxylamine groups is 3. The maximum absolute atomic E-state index is 4.95. The molecule has 0 amide bonds. The van der Waals surface area contributed by atoms with Gasteiger partial charge in [0, 0.05) is 0 Å². The number of rotatable bonds is 1. The highest BCUT2D eigenvalue weighted by Gasteiger charge is 2.03. The highest BCUT2D eigenvalue weighted by Crippen LogP contribution is 1.92. The molecule has 0 aliphatic heterocycles. The van der Waals surface area contributed by atoms with E-state index in [0.717, 1.165) is 0 Å². The van der Waals surface area contributed by atoms with Crippen molar-refractivity contribution in [1.29, 1.82) is 0 Å². The van der Waals surface area contributed by atoms with E-state index in [-0.39, 0.29) is 0 Å². The molecule has 38 valence electrons. The number of quaternary nitrogens is 1. The van der Waals surface area contributed by atoms with Crippen LogP contribution in [0.2, 0.25) is 0 Å². The van der Waals surface area contributed by atoms with Crippen LogP contribution in [-0.2, 0) is 4.39 Å². The van der Waals surface area contributed by atoms with Crippen LogP contribution < -0.4 is 0 Å². The van der Waals surface area contributed by atoms with Gasteiger partial charge in [0.05, 0.1) is 21.1 Å². The fourth-order valence-electron chi connectivity index (χ4n) is 0. The Bertz CT molecular complexity index is 40.5. The van der Waals surface area contributed by atoms with E-state index in [1.807, 2.05) is 21.1 Å². The minimum atomic E-state index is 0.335. The summed E-state index contributed by atoms with van der Waals surface area (Å²) in [6.07, 6.45) is 0. The molecule has 0 saturated heterocycles. The van der Waals surface area contributed by atoms with E-state index in [1.165, 1.54) is 0 Å². The second-order valence-electron chi connectivity index (χ2n) is 1.96. The van der Waals surface area contributed by atoms with Crippen LogP contribution in [0.25, 0.3) is 0 Å². The van der Waals surface area contributed by atoms with Gasteiger partial charge in [-0.2, -0.15) is 4.65 Å². The molecule has 0 unspecified atom stereocenters. The van der Waals surface area contributed by atoms with Crippen LogP contribution in [0.5, 0.6) is 0 Å². The van der Waals surface area contributed by atoms with Crippen molar-refractivity contribution in [1.82, 2.24) is 0 Å². The van der Waals surface area contributed by atoms with Gasteiger partial charge in [0.25, 0.3) is 0 Å². The zero-order valence-corrected chi connectivity index (χ0v) is 4.99. The van der Waals surface area contributed by atoms with Crippen LogP contribution in [0.3, 0.4) is 0 Å². The zero-order valence-electron chi connectivity index (χ0n) is 4.23. The molecule has 0 fully saturated rings. The Morgan fingerprint density at radius 2 is 1.50 bits per heavy atom. The van der Waals surface area contributed by atoms with Gasteiger partial charge < -0.3 is 0 Å². The van der Waals surface area contributed by atoms with Gasteiger partial charge in [-0.05, 0) is 0 Å². The van der Waals surface area contributed by atoms with Gasteiger partial charge in [-0.3, -0.25) is 0 Å². The molecule has 0 N–H and O–H groups in total. The van der Waals surface area contributed by atoms with Gasteiger partial charge in [0.1, 0.15) is 11.9 Å². The lowest BCUT2D eigenvalue weighted by molar-refractivity contribution is -1.04. The third-order valence-electron chi connectivity index (χ3n) is 0.207. The average Bonchev–Trinajstić information content (AvgIpc) is 1.35. The van der Waals surface area contributed by atoms with Crippen LogP contribution in [0.15, 0.2) is 0 Å². The third-order valence-corrected chi connectivity index (χ3v) is 0.621. The van der Waals surface area contributed by atoms with Gasteiger partial charge >= 0.3 is 0 Å². The van der Waals surface area contributed by atoms with Crippen molar-refractivity contribution in [2.75, 3.05) is 21.1 Å². The number of hydrogen-bond donors (Lipinski definition) is 0. The maximum atomic E-state index is 4.95. The summed E-state index contributed by atoms with van der Waals surface area (Å²) in [5.41, 5.74) is 0. The highest BCUT2D eigenvalue weighted by molar-refractivity contribution is 6.06. The molecule has 0 rings (SSSR count). The van der Waals surface area contributed by atoms with Gasteiger partial charge in [-0.1, -0.05) is 4.39 Å². The van der Waals surface area contributed by atoms with Crippen LogP contribution in [-0.4, -0.2) is 25.8 Å². The molecule has 2 nitrogen and oxygen atoms in total. The number of halogens is 1. The predicted octanol–water partition coefficient (Wildman–Crippen LogP) is 0.778. The van der Waals surface area contributed by atoms with Crippen molar-refractivity contribution in [3.63, 3.8) is 0 Å². The summed E-state index contributed by atoms with van der Waals surface area (Å²) in [6, 6.07) is 0. The van der Waals surface area contributed by atoms with Gasteiger partial charge in [-0.25, -0.2) is 0 Å². The number of hydrogen-bond acceptors (Lipinski definition) is 1. The van der Waals surface area contributed by atoms with Crippen LogP contribution in [0, 0.1) is 0 Å². The summed E-state index contributed by atoms with van der Waals surface area (Å²) < 4.78 is 4.68. The molecule has 0 aliphatic carbocycles. The lowest BCUT2D eigenvalue weighted by Crippen LogP contribution is -2.30. The molecule has 0 heterocycles. The molecule has 0 aromatic rings. The molecule has 0 spiro atoms. The quantitative estimate of drug-likeness (QED) is 0.358. The molecule has 0 saturated carbocycles. The molecular formula is C3H9ClNO+. The van der Waals surface area contributed by atoms with E-state index < -0.39 is 0 Å². The Labute approximate surface area is 43.0 Å². The summed E-state index contributed by atoms with van der Waals surface area (Å²) in [4.78, 5) is 0. The van der Waals surface area contributed by atoms with E-state index >= 15 is 0 Å². The minimum Gasteiger partial charge on any atom is -0.167 e. The molecule has 0 atom stereocenters. The second-order valence-corrected chi connectivity index (χ2v) is 2.10. The first-order valence-electron chi connectivity index (χ1n) is 1.68. The first kappa shape index (κ1) is 6.21. The first-order valence-corrected chi connectivity index (χ1v) is 1.99. The maximum Gasteiger partial charge on any atom is 0.129 e. The van der Waals surface area contributed by atoms with Crippen molar-refractivity contribution < 1.29 is 9.04 Å². The minimum absolute atomic E-state index is 0.335. The fourth-order valence-corrected chi connectivity index (χ4v) is 0.